The highest BCUT2D eigenvalue weighted by atomic mass is 79.9. The summed E-state index contributed by atoms with van der Waals surface area (Å²) >= 11 is 11.1. The van der Waals surface area contributed by atoms with Crippen LogP contribution in [-0.2, 0) is 11.3 Å². The molecule has 0 atom stereocenters. The van der Waals surface area contributed by atoms with Crippen molar-refractivity contribution in [1.29, 1.82) is 0 Å². The van der Waals surface area contributed by atoms with Crippen LogP contribution in [-0.4, -0.2) is 32.8 Å². The summed E-state index contributed by atoms with van der Waals surface area (Å²) in [5.41, 5.74) is 0.693. The van der Waals surface area contributed by atoms with Gasteiger partial charge in [-0.05, 0) is 49.2 Å². The van der Waals surface area contributed by atoms with Crippen LogP contribution in [0.4, 0.5) is 0 Å². The smallest absolute Gasteiger partial charge is 0.249 e. The average molecular weight is 479 g/mol. The Balaban J connectivity index is 1.42. The van der Waals surface area contributed by atoms with E-state index in [-0.39, 0.29) is 11.9 Å². The van der Waals surface area contributed by atoms with Gasteiger partial charge in [-0.3, -0.25) is 4.79 Å². The first-order valence-electron chi connectivity index (χ1n) is 8.85. The lowest BCUT2D eigenvalue weighted by Crippen LogP contribution is -2.34. The van der Waals surface area contributed by atoms with Crippen molar-refractivity contribution in [3.63, 3.8) is 0 Å². The minimum atomic E-state index is 0.0768. The Morgan fingerprint density at radius 3 is 2.64 bits per heavy atom. The molecule has 0 bridgehead atoms. The van der Waals surface area contributed by atoms with E-state index in [1.807, 2.05) is 47.4 Å². The van der Waals surface area contributed by atoms with Crippen LogP contribution in [0.3, 0.4) is 0 Å². The van der Waals surface area contributed by atoms with Crippen LogP contribution < -0.4 is 0 Å². The van der Waals surface area contributed by atoms with Crippen molar-refractivity contribution >= 4 is 45.2 Å². The van der Waals surface area contributed by atoms with Crippen LogP contribution in [0.15, 0.2) is 62.3 Å². The zero-order valence-electron chi connectivity index (χ0n) is 14.8. The van der Waals surface area contributed by atoms with Gasteiger partial charge in [-0.15, -0.1) is 22.0 Å². The molecular weight excluding hydrogens is 462 g/mol. The maximum atomic E-state index is 12.8. The Bertz CT molecular complexity index is 976. The molecule has 1 amide bonds. The summed E-state index contributed by atoms with van der Waals surface area (Å²) < 4.78 is 6.79. The second-order valence-corrected chi connectivity index (χ2v) is 8.85. The fourth-order valence-electron chi connectivity index (χ4n) is 2.77. The van der Waals surface area contributed by atoms with E-state index in [9.17, 15) is 4.79 Å². The minimum Gasteiger partial charge on any atom is -0.419 e. The number of benzene rings is 2. The Morgan fingerprint density at radius 1 is 1.18 bits per heavy atom. The molecule has 1 fully saturated rings. The van der Waals surface area contributed by atoms with E-state index in [0.717, 1.165) is 22.2 Å². The second-order valence-electron chi connectivity index (χ2n) is 6.48. The van der Waals surface area contributed by atoms with Gasteiger partial charge in [0.1, 0.15) is 0 Å². The standard InChI is InChI=1S/C20H17BrClN3O2S/c21-13-5-9-15(10-6-13)28-12-19(26)25(14-7-8-14)11-18-23-24-20(27-18)16-3-1-2-4-17(16)22/h1-6,9-10,14H,7-8,11-12H2. The Hall–Kier alpha value is -1.83. The fourth-order valence-corrected chi connectivity index (χ4v) is 4.04. The van der Waals surface area contributed by atoms with Crippen LogP contribution >= 0.6 is 39.3 Å². The number of carbonyl (C=O) groups excluding carboxylic acids is 1. The fraction of sp³-hybridized carbons (Fsp3) is 0.250. The molecule has 0 spiro atoms. The van der Waals surface area contributed by atoms with E-state index in [0.29, 0.717) is 34.7 Å². The summed E-state index contributed by atoms with van der Waals surface area (Å²) in [7, 11) is 0. The molecule has 144 valence electrons. The lowest BCUT2D eigenvalue weighted by molar-refractivity contribution is -0.129. The molecule has 0 saturated heterocycles. The molecule has 0 radical (unpaired) electrons. The van der Waals surface area contributed by atoms with E-state index < -0.39 is 0 Å². The van der Waals surface area contributed by atoms with Crippen molar-refractivity contribution < 1.29 is 9.21 Å². The van der Waals surface area contributed by atoms with Crippen LogP contribution in [0.2, 0.25) is 5.02 Å². The van der Waals surface area contributed by atoms with Crippen molar-refractivity contribution in [1.82, 2.24) is 15.1 Å². The number of aromatic nitrogens is 2. The van der Waals surface area contributed by atoms with Crippen LogP contribution in [0.25, 0.3) is 11.5 Å². The number of hydrogen-bond donors (Lipinski definition) is 0. The van der Waals surface area contributed by atoms with Gasteiger partial charge in [0.15, 0.2) is 0 Å². The first-order chi connectivity index (χ1) is 13.6. The molecule has 0 N–H and O–H groups in total. The largest absolute Gasteiger partial charge is 0.419 e. The lowest BCUT2D eigenvalue weighted by atomic mass is 10.2. The summed E-state index contributed by atoms with van der Waals surface area (Å²) in [6.07, 6.45) is 2.03. The number of amides is 1. The van der Waals surface area contributed by atoms with Crippen molar-refractivity contribution in [2.24, 2.45) is 0 Å². The third-order valence-corrected chi connectivity index (χ3v) is 6.22. The molecule has 1 aliphatic carbocycles. The van der Waals surface area contributed by atoms with Crippen LogP contribution in [0.1, 0.15) is 18.7 Å². The van der Waals surface area contributed by atoms with E-state index in [1.165, 1.54) is 11.8 Å². The van der Waals surface area contributed by atoms with Gasteiger partial charge in [0.2, 0.25) is 17.7 Å². The molecule has 1 saturated carbocycles. The molecule has 1 heterocycles. The molecule has 4 rings (SSSR count). The average Bonchev–Trinajstić information content (AvgIpc) is 3.44. The highest BCUT2D eigenvalue weighted by molar-refractivity contribution is 9.10. The summed E-state index contributed by atoms with van der Waals surface area (Å²) in [6, 6.07) is 15.5. The van der Waals surface area contributed by atoms with Gasteiger partial charge >= 0.3 is 0 Å². The second kappa shape index (κ2) is 8.68. The molecule has 1 aliphatic rings. The molecule has 28 heavy (non-hydrogen) atoms. The highest BCUT2D eigenvalue weighted by Gasteiger charge is 2.33. The minimum absolute atomic E-state index is 0.0768. The van der Waals surface area contributed by atoms with Gasteiger partial charge in [-0.1, -0.05) is 39.7 Å². The zero-order chi connectivity index (χ0) is 19.5. The summed E-state index contributed by atoms with van der Waals surface area (Å²) in [5.74, 6) is 1.24. The molecular formula is C20H17BrClN3O2S. The lowest BCUT2D eigenvalue weighted by Gasteiger charge is -2.20. The normalized spacial score (nSPS) is 13.5. The van der Waals surface area contributed by atoms with Gasteiger partial charge in [0.05, 0.1) is 22.9 Å². The van der Waals surface area contributed by atoms with E-state index in [1.54, 1.807) is 6.07 Å². The third-order valence-electron chi connectivity index (χ3n) is 4.36. The predicted molar refractivity (Wildman–Crippen MR) is 113 cm³/mol. The number of rotatable bonds is 7. The molecule has 8 heteroatoms. The molecule has 0 unspecified atom stereocenters. The number of nitrogens with zero attached hydrogens (tertiary/aromatic N) is 3. The van der Waals surface area contributed by atoms with Crippen molar-refractivity contribution in [3.8, 4) is 11.5 Å². The van der Waals surface area contributed by atoms with Crippen molar-refractivity contribution in [2.75, 3.05) is 5.75 Å². The first-order valence-corrected chi connectivity index (χ1v) is 11.0. The Morgan fingerprint density at radius 2 is 1.93 bits per heavy atom. The molecule has 5 nitrogen and oxygen atoms in total. The summed E-state index contributed by atoms with van der Waals surface area (Å²) in [6.45, 7) is 0.321. The number of thioether (sulfide) groups is 1. The van der Waals surface area contributed by atoms with Gasteiger partial charge < -0.3 is 9.32 Å². The summed E-state index contributed by atoms with van der Waals surface area (Å²) in [5, 5.41) is 8.76. The van der Waals surface area contributed by atoms with Crippen LogP contribution in [0, 0.1) is 0 Å². The maximum absolute atomic E-state index is 12.8. The molecule has 3 aromatic rings. The number of halogens is 2. The van der Waals surface area contributed by atoms with Crippen LogP contribution in [0.5, 0.6) is 0 Å². The quantitative estimate of drug-likeness (QED) is 0.423. The monoisotopic (exact) mass is 477 g/mol. The van der Waals surface area contributed by atoms with Gasteiger partial charge in [0, 0.05) is 15.4 Å². The number of carbonyl (C=O) groups is 1. The Labute approximate surface area is 180 Å². The Kier molecular flexibility index (Phi) is 6.04. The van der Waals surface area contributed by atoms with Gasteiger partial charge in [0.25, 0.3) is 0 Å². The van der Waals surface area contributed by atoms with E-state index >= 15 is 0 Å². The van der Waals surface area contributed by atoms with E-state index in [2.05, 4.69) is 26.1 Å². The molecule has 2 aromatic carbocycles. The zero-order valence-corrected chi connectivity index (χ0v) is 18.0. The SMILES string of the molecule is O=C(CSc1ccc(Br)cc1)N(Cc1nnc(-c2ccccc2Cl)o1)C1CC1. The molecule has 1 aromatic heterocycles. The summed E-state index contributed by atoms with van der Waals surface area (Å²) in [4.78, 5) is 15.7. The highest BCUT2D eigenvalue weighted by Crippen LogP contribution is 2.31. The predicted octanol–water partition coefficient (Wildman–Crippen LogP) is 5.44. The first kappa shape index (κ1) is 19.5. The van der Waals surface area contributed by atoms with Crippen molar-refractivity contribution in [2.45, 2.75) is 30.3 Å². The van der Waals surface area contributed by atoms with E-state index in [4.69, 9.17) is 16.0 Å². The van der Waals surface area contributed by atoms with Gasteiger partial charge in [-0.2, -0.15) is 0 Å². The topological polar surface area (TPSA) is 59.2 Å². The van der Waals surface area contributed by atoms with Gasteiger partial charge in [-0.25, -0.2) is 0 Å². The van der Waals surface area contributed by atoms with Crippen molar-refractivity contribution in [3.05, 3.63) is 63.9 Å². The third kappa shape index (κ3) is 4.77. The maximum Gasteiger partial charge on any atom is 0.249 e. The molecule has 0 aliphatic heterocycles. The number of hydrogen-bond acceptors (Lipinski definition) is 5.